The van der Waals surface area contributed by atoms with E-state index in [1.165, 1.54) is 44.2 Å². The average molecular weight is 665 g/mol. The van der Waals surface area contributed by atoms with Crippen LogP contribution in [0.1, 0.15) is 0 Å². The van der Waals surface area contributed by atoms with Gasteiger partial charge in [-0.2, -0.15) is 0 Å². The van der Waals surface area contributed by atoms with Gasteiger partial charge in [0.1, 0.15) is 11.2 Å². The van der Waals surface area contributed by atoms with Gasteiger partial charge >= 0.3 is 0 Å². The van der Waals surface area contributed by atoms with E-state index in [-0.39, 0.29) is 0 Å². The standard InChI is InChI=1S/C49H32N2O/c1-3-10-33(11-4-1)34-18-20-39(21-19-34)51(41-23-25-45-47-28-37-26-27-50-32-38(37)29-48(47)52-49(45)31-41)40-22-24-43(35-12-5-2-6-13-35)46(30-40)44-17-9-15-36-14-7-8-16-42(36)44/h1-32H. The molecular weight excluding hydrogens is 633 g/mol. The Kier molecular flexibility index (Phi) is 7.14. The largest absolute Gasteiger partial charge is 0.456 e. The monoisotopic (exact) mass is 664 g/mol. The quantitative estimate of drug-likeness (QED) is 0.177. The van der Waals surface area contributed by atoms with Crippen LogP contribution < -0.4 is 4.90 Å². The molecule has 3 nitrogen and oxygen atoms in total. The summed E-state index contributed by atoms with van der Waals surface area (Å²) in [5.41, 5.74) is 12.0. The molecule has 0 aliphatic carbocycles. The number of anilines is 3. The van der Waals surface area contributed by atoms with Gasteiger partial charge in [0.25, 0.3) is 0 Å². The van der Waals surface area contributed by atoms with Gasteiger partial charge in [0, 0.05) is 51.7 Å². The van der Waals surface area contributed by atoms with Crippen molar-refractivity contribution in [3.8, 4) is 33.4 Å². The summed E-state index contributed by atoms with van der Waals surface area (Å²) >= 11 is 0. The molecule has 2 aromatic heterocycles. The Balaban J connectivity index is 1.19. The lowest BCUT2D eigenvalue weighted by molar-refractivity contribution is 0.669. The third-order valence-electron chi connectivity index (χ3n) is 10.1. The maximum Gasteiger partial charge on any atom is 0.137 e. The fourth-order valence-electron chi connectivity index (χ4n) is 7.59. The second-order valence-corrected chi connectivity index (χ2v) is 13.2. The minimum Gasteiger partial charge on any atom is -0.456 e. The zero-order valence-electron chi connectivity index (χ0n) is 28.3. The number of aromatic nitrogens is 1. The number of rotatable bonds is 6. The predicted molar refractivity (Wildman–Crippen MR) is 218 cm³/mol. The Morgan fingerprint density at radius 1 is 0.365 bits per heavy atom. The van der Waals surface area contributed by atoms with Crippen molar-refractivity contribution in [3.63, 3.8) is 0 Å². The minimum atomic E-state index is 0.844. The number of fused-ring (bicyclic) bond motifs is 5. The van der Waals surface area contributed by atoms with Crippen molar-refractivity contribution in [2.45, 2.75) is 0 Å². The van der Waals surface area contributed by atoms with Gasteiger partial charge in [0.15, 0.2) is 0 Å². The van der Waals surface area contributed by atoms with Gasteiger partial charge in [0.05, 0.1) is 0 Å². The maximum atomic E-state index is 6.56. The molecule has 0 saturated carbocycles. The summed E-state index contributed by atoms with van der Waals surface area (Å²) in [5, 5.41) is 6.85. The minimum absolute atomic E-state index is 0.844. The summed E-state index contributed by atoms with van der Waals surface area (Å²) in [4.78, 5) is 6.66. The highest BCUT2D eigenvalue weighted by atomic mass is 16.3. The van der Waals surface area contributed by atoms with Crippen molar-refractivity contribution in [1.82, 2.24) is 4.98 Å². The van der Waals surface area contributed by atoms with E-state index in [0.717, 1.165) is 49.8 Å². The first-order valence-corrected chi connectivity index (χ1v) is 17.6. The summed E-state index contributed by atoms with van der Waals surface area (Å²) in [5.74, 6) is 0. The number of nitrogens with zero attached hydrogens (tertiary/aromatic N) is 2. The summed E-state index contributed by atoms with van der Waals surface area (Å²) < 4.78 is 6.56. The van der Waals surface area contributed by atoms with Crippen LogP contribution in [0, 0.1) is 0 Å². The molecule has 0 aliphatic rings. The van der Waals surface area contributed by atoms with Gasteiger partial charge in [-0.05, 0) is 104 Å². The zero-order chi connectivity index (χ0) is 34.4. The molecule has 8 aromatic carbocycles. The van der Waals surface area contributed by atoms with Gasteiger partial charge in [-0.15, -0.1) is 0 Å². The highest BCUT2D eigenvalue weighted by Crippen LogP contribution is 2.44. The topological polar surface area (TPSA) is 29.3 Å². The molecule has 52 heavy (non-hydrogen) atoms. The Bertz CT molecular complexity index is 2890. The van der Waals surface area contributed by atoms with Crippen molar-refractivity contribution in [2.75, 3.05) is 4.90 Å². The van der Waals surface area contributed by atoms with Crippen molar-refractivity contribution in [3.05, 3.63) is 194 Å². The Labute approximate surface area is 301 Å². The van der Waals surface area contributed by atoms with Crippen LogP contribution >= 0.6 is 0 Å². The lowest BCUT2D eigenvalue weighted by Gasteiger charge is -2.27. The smallest absolute Gasteiger partial charge is 0.137 e. The van der Waals surface area contributed by atoms with E-state index in [2.05, 4.69) is 192 Å². The van der Waals surface area contributed by atoms with Gasteiger partial charge in [-0.1, -0.05) is 121 Å². The predicted octanol–water partition coefficient (Wildman–Crippen LogP) is 13.8. The molecule has 0 amide bonds. The van der Waals surface area contributed by atoms with Crippen LogP contribution in [0.2, 0.25) is 0 Å². The average Bonchev–Trinajstić information content (AvgIpc) is 3.57. The third-order valence-corrected chi connectivity index (χ3v) is 10.1. The van der Waals surface area contributed by atoms with E-state index in [1.807, 2.05) is 12.4 Å². The molecule has 0 unspecified atom stereocenters. The summed E-state index contributed by atoms with van der Waals surface area (Å²) in [7, 11) is 0. The molecule has 0 spiro atoms. The molecule has 0 radical (unpaired) electrons. The summed E-state index contributed by atoms with van der Waals surface area (Å²) in [6.07, 6.45) is 3.73. The van der Waals surface area contributed by atoms with E-state index >= 15 is 0 Å². The number of benzene rings is 8. The van der Waals surface area contributed by atoms with Gasteiger partial charge in [0.2, 0.25) is 0 Å². The van der Waals surface area contributed by atoms with Crippen molar-refractivity contribution in [2.24, 2.45) is 0 Å². The van der Waals surface area contributed by atoms with Crippen LogP contribution in [-0.2, 0) is 0 Å². The first-order chi connectivity index (χ1) is 25.8. The summed E-state index contributed by atoms with van der Waals surface area (Å²) in [6, 6.07) is 65.1. The molecule has 244 valence electrons. The number of hydrogen-bond donors (Lipinski definition) is 0. The zero-order valence-corrected chi connectivity index (χ0v) is 28.3. The molecule has 0 N–H and O–H groups in total. The molecule has 10 aromatic rings. The maximum absolute atomic E-state index is 6.56. The normalized spacial score (nSPS) is 11.5. The summed E-state index contributed by atoms with van der Waals surface area (Å²) in [6.45, 7) is 0. The Morgan fingerprint density at radius 3 is 1.88 bits per heavy atom. The molecule has 0 aliphatic heterocycles. The van der Waals surface area contributed by atoms with Gasteiger partial charge in [-0.3, -0.25) is 4.98 Å². The first kappa shape index (κ1) is 29.9. The molecule has 0 fully saturated rings. The van der Waals surface area contributed by atoms with E-state index in [9.17, 15) is 0 Å². The second kappa shape index (κ2) is 12.4. The van der Waals surface area contributed by atoms with Gasteiger partial charge < -0.3 is 9.32 Å². The van der Waals surface area contributed by atoms with E-state index in [0.29, 0.717) is 0 Å². The first-order valence-electron chi connectivity index (χ1n) is 17.6. The number of pyridine rings is 1. The molecule has 2 heterocycles. The van der Waals surface area contributed by atoms with Crippen LogP contribution in [0.3, 0.4) is 0 Å². The molecular formula is C49H32N2O. The highest BCUT2D eigenvalue weighted by molar-refractivity contribution is 6.11. The van der Waals surface area contributed by atoms with Crippen LogP contribution in [0.15, 0.2) is 199 Å². The molecule has 0 saturated heterocycles. The number of furan rings is 1. The number of hydrogen-bond acceptors (Lipinski definition) is 3. The van der Waals surface area contributed by atoms with Crippen molar-refractivity contribution < 1.29 is 4.42 Å². The second-order valence-electron chi connectivity index (χ2n) is 13.2. The van der Waals surface area contributed by atoms with E-state index in [4.69, 9.17) is 4.42 Å². The van der Waals surface area contributed by atoms with E-state index < -0.39 is 0 Å². The van der Waals surface area contributed by atoms with Crippen LogP contribution in [-0.4, -0.2) is 4.98 Å². The molecule has 0 atom stereocenters. The Hall–Kier alpha value is -6.97. The Morgan fingerprint density at radius 2 is 1.04 bits per heavy atom. The van der Waals surface area contributed by atoms with Crippen LogP contribution in [0.25, 0.3) is 76.9 Å². The van der Waals surface area contributed by atoms with Crippen molar-refractivity contribution in [1.29, 1.82) is 0 Å². The third kappa shape index (κ3) is 5.19. The SMILES string of the molecule is c1ccc(-c2ccc(N(c3ccc(-c4ccccc4)c(-c4cccc5ccccc45)c3)c3ccc4c(c3)oc3cc5cnccc5cc34)cc2)cc1. The van der Waals surface area contributed by atoms with E-state index in [1.54, 1.807) is 0 Å². The molecule has 10 rings (SSSR count). The lowest BCUT2D eigenvalue weighted by Crippen LogP contribution is -2.10. The fraction of sp³-hybridized carbons (Fsp3) is 0. The van der Waals surface area contributed by atoms with Crippen LogP contribution in [0.4, 0.5) is 17.1 Å². The molecule has 3 heteroatoms. The van der Waals surface area contributed by atoms with Crippen molar-refractivity contribution >= 4 is 60.5 Å². The van der Waals surface area contributed by atoms with Gasteiger partial charge in [-0.25, -0.2) is 0 Å². The van der Waals surface area contributed by atoms with Crippen LogP contribution in [0.5, 0.6) is 0 Å². The highest BCUT2D eigenvalue weighted by Gasteiger charge is 2.19. The lowest BCUT2D eigenvalue weighted by atomic mass is 9.90. The fourth-order valence-corrected chi connectivity index (χ4v) is 7.59. The molecule has 0 bridgehead atoms.